The second kappa shape index (κ2) is 2.48. The van der Waals surface area contributed by atoms with Crippen LogP contribution in [0.4, 0.5) is 0 Å². The maximum absolute atomic E-state index is 5.89. The largest absolute Gasteiger partial charge is 0.327 e. The maximum atomic E-state index is 5.89. The van der Waals surface area contributed by atoms with Gasteiger partial charge in [0.15, 0.2) is 0 Å². The van der Waals surface area contributed by atoms with Crippen LogP contribution in [0.2, 0.25) is 0 Å². The Morgan fingerprint density at radius 2 is 2.00 bits per heavy atom. The molecule has 0 amide bonds. The number of halogens is 1. The van der Waals surface area contributed by atoms with E-state index < -0.39 is 0 Å². The van der Waals surface area contributed by atoms with Crippen molar-refractivity contribution in [1.29, 1.82) is 0 Å². The van der Waals surface area contributed by atoms with Crippen LogP contribution in [0.15, 0.2) is 24.3 Å². The first-order chi connectivity index (χ1) is 5.38. The first kappa shape index (κ1) is 8.09. The van der Waals surface area contributed by atoms with Crippen molar-refractivity contribution in [2.24, 2.45) is 11.7 Å². The number of rotatable bonds is 0. The summed E-state index contributed by atoms with van der Waals surface area (Å²) in [5.41, 5.74) is 8.94. The summed E-state index contributed by atoms with van der Waals surface area (Å²) in [6.07, 6.45) is 1.22. The molecule has 0 heterocycles. The van der Waals surface area contributed by atoms with Gasteiger partial charge in [-0.3, -0.25) is 0 Å². The Morgan fingerprint density at radius 1 is 1.25 bits per heavy atom. The zero-order chi connectivity index (χ0) is 7.42. The number of nitrogens with two attached hydrogens (primary N) is 1. The summed E-state index contributed by atoms with van der Waals surface area (Å²) in [6.45, 7) is 0. The smallest absolute Gasteiger partial charge is 0.0149 e. The van der Waals surface area contributed by atoms with Gasteiger partial charge < -0.3 is 5.73 Å². The van der Waals surface area contributed by atoms with Crippen molar-refractivity contribution in [2.75, 3.05) is 0 Å². The molecule has 2 aliphatic rings. The Labute approximate surface area is 78.4 Å². The van der Waals surface area contributed by atoms with Crippen molar-refractivity contribution >= 4 is 12.4 Å². The van der Waals surface area contributed by atoms with Crippen molar-refractivity contribution in [2.45, 2.75) is 18.4 Å². The molecule has 12 heavy (non-hydrogen) atoms. The van der Waals surface area contributed by atoms with E-state index in [-0.39, 0.29) is 12.4 Å². The minimum Gasteiger partial charge on any atom is -0.327 e. The summed E-state index contributed by atoms with van der Waals surface area (Å²) in [4.78, 5) is 0. The summed E-state index contributed by atoms with van der Waals surface area (Å²) >= 11 is 0. The van der Waals surface area contributed by atoms with E-state index in [0.29, 0.717) is 12.0 Å². The lowest BCUT2D eigenvalue weighted by Gasteiger charge is -2.02. The molecule has 1 fully saturated rings. The lowest BCUT2D eigenvalue weighted by molar-refractivity contribution is 0.801. The molecule has 1 saturated carbocycles. The molecule has 3 unspecified atom stereocenters. The van der Waals surface area contributed by atoms with Crippen molar-refractivity contribution in [3.63, 3.8) is 0 Å². The fourth-order valence-electron chi connectivity index (χ4n) is 2.40. The molecular weight excluding hydrogens is 170 g/mol. The molecule has 1 aromatic rings. The molecule has 0 radical (unpaired) electrons. The number of hydrogen-bond donors (Lipinski definition) is 1. The molecule has 64 valence electrons. The average Bonchev–Trinajstić information content (AvgIpc) is 2.55. The normalized spacial score (nSPS) is 34.9. The first-order valence-electron chi connectivity index (χ1n) is 4.21. The molecule has 2 heteroatoms. The van der Waals surface area contributed by atoms with Crippen LogP contribution >= 0.6 is 12.4 Å². The molecule has 3 atom stereocenters. The summed E-state index contributed by atoms with van der Waals surface area (Å²) in [5.74, 6) is 1.50. The van der Waals surface area contributed by atoms with Crippen LogP contribution < -0.4 is 5.73 Å². The fourth-order valence-corrected chi connectivity index (χ4v) is 2.40. The zero-order valence-corrected chi connectivity index (χ0v) is 7.55. The Hall–Kier alpha value is -0.530. The predicted molar refractivity (Wildman–Crippen MR) is 51.6 cm³/mol. The molecule has 1 aromatic carbocycles. The highest BCUT2D eigenvalue weighted by atomic mass is 35.5. The van der Waals surface area contributed by atoms with Crippen LogP contribution in [0.25, 0.3) is 0 Å². The van der Waals surface area contributed by atoms with E-state index >= 15 is 0 Å². The van der Waals surface area contributed by atoms with Crippen molar-refractivity contribution < 1.29 is 0 Å². The lowest BCUT2D eigenvalue weighted by Crippen LogP contribution is -2.08. The van der Waals surface area contributed by atoms with Crippen LogP contribution in [0.3, 0.4) is 0 Å². The number of hydrogen-bond acceptors (Lipinski definition) is 1. The van der Waals surface area contributed by atoms with Gasteiger partial charge in [-0.05, 0) is 23.5 Å². The van der Waals surface area contributed by atoms with E-state index in [1.54, 1.807) is 0 Å². The molecule has 0 aromatic heterocycles. The standard InChI is InChI=1S/C10H11N.ClH/c11-10-8-5-6-3-1-2-4-7(6)9(8)10;/h1-4,8-10H,5,11H2;1H. The van der Waals surface area contributed by atoms with Crippen molar-refractivity contribution in [3.05, 3.63) is 35.4 Å². The summed E-state index contributed by atoms with van der Waals surface area (Å²) < 4.78 is 0. The fraction of sp³-hybridized carbons (Fsp3) is 0.400. The Morgan fingerprint density at radius 3 is 2.83 bits per heavy atom. The predicted octanol–water partition coefficient (Wildman–Crippen LogP) is 1.71. The van der Waals surface area contributed by atoms with Crippen LogP contribution in [-0.2, 0) is 6.42 Å². The summed E-state index contributed by atoms with van der Waals surface area (Å²) in [6, 6.07) is 9.17. The van der Waals surface area contributed by atoms with E-state index in [1.807, 2.05) is 0 Å². The lowest BCUT2D eigenvalue weighted by atomic mass is 10.1. The van der Waals surface area contributed by atoms with Gasteiger partial charge >= 0.3 is 0 Å². The van der Waals surface area contributed by atoms with Crippen LogP contribution in [0.1, 0.15) is 17.0 Å². The molecule has 0 bridgehead atoms. The third kappa shape index (κ3) is 0.838. The second-order valence-corrected chi connectivity index (χ2v) is 3.67. The van der Waals surface area contributed by atoms with Gasteiger partial charge in [0.05, 0.1) is 0 Å². The Balaban J connectivity index is 0.000000563. The minimum absolute atomic E-state index is 0. The van der Waals surface area contributed by atoms with E-state index in [9.17, 15) is 0 Å². The van der Waals surface area contributed by atoms with Gasteiger partial charge in [0.2, 0.25) is 0 Å². The second-order valence-electron chi connectivity index (χ2n) is 3.67. The van der Waals surface area contributed by atoms with Gasteiger partial charge in [-0.25, -0.2) is 0 Å². The number of benzene rings is 1. The zero-order valence-electron chi connectivity index (χ0n) is 6.73. The summed E-state index contributed by atoms with van der Waals surface area (Å²) in [5, 5.41) is 0. The van der Waals surface area contributed by atoms with Crippen LogP contribution in [-0.4, -0.2) is 6.04 Å². The molecule has 0 saturated heterocycles. The minimum atomic E-state index is 0. The Bertz CT molecular complexity index is 310. The topological polar surface area (TPSA) is 26.0 Å². The third-order valence-electron chi connectivity index (χ3n) is 3.10. The monoisotopic (exact) mass is 181 g/mol. The van der Waals surface area contributed by atoms with Gasteiger partial charge in [0, 0.05) is 12.0 Å². The average molecular weight is 182 g/mol. The molecular formula is C10H12ClN. The third-order valence-corrected chi connectivity index (χ3v) is 3.10. The molecule has 0 spiro atoms. The molecule has 1 nitrogen and oxygen atoms in total. The van der Waals surface area contributed by atoms with Crippen LogP contribution in [0, 0.1) is 5.92 Å². The van der Waals surface area contributed by atoms with E-state index in [4.69, 9.17) is 5.73 Å². The van der Waals surface area contributed by atoms with Crippen LogP contribution in [0.5, 0.6) is 0 Å². The van der Waals surface area contributed by atoms with Gasteiger partial charge in [-0.1, -0.05) is 24.3 Å². The maximum Gasteiger partial charge on any atom is 0.0149 e. The van der Waals surface area contributed by atoms with Gasteiger partial charge in [0.1, 0.15) is 0 Å². The molecule has 2 N–H and O–H groups in total. The molecule has 2 aliphatic carbocycles. The highest BCUT2D eigenvalue weighted by Gasteiger charge is 2.53. The van der Waals surface area contributed by atoms with Gasteiger partial charge in [0.25, 0.3) is 0 Å². The van der Waals surface area contributed by atoms with Gasteiger partial charge in [-0.2, -0.15) is 0 Å². The SMILES string of the molecule is Cl.NC1C2Cc3ccccc3C12. The first-order valence-corrected chi connectivity index (χ1v) is 4.21. The van der Waals surface area contributed by atoms with Crippen molar-refractivity contribution in [3.8, 4) is 0 Å². The van der Waals surface area contributed by atoms with E-state index in [1.165, 1.54) is 17.5 Å². The quantitative estimate of drug-likeness (QED) is 0.648. The molecule has 3 rings (SSSR count). The Kier molecular flexibility index (Phi) is 1.67. The molecule has 0 aliphatic heterocycles. The van der Waals surface area contributed by atoms with Gasteiger partial charge in [-0.15, -0.1) is 12.4 Å². The highest BCUT2D eigenvalue weighted by molar-refractivity contribution is 5.85. The van der Waals surface area contributed by atoms with Crippen molar-refractivity contribution in [1.82, 2.24) is 0 Å². The highest BCUT2D eigenvalue weighted by Crippen LogP contribution is 2.54. The number of fused-ring (bicyclic) bond motifs is 3. The van der Waals surface area contributed by atoms with E-state index in [0.717, 1.165) is 5.92 Å². The summed E-state index contributed by atoms with van der Waals surface area (Å²) in [7, 11) is 0. The van der Waals surface area contributed by atoms with E-state index in [2.05, 4.69) is 24.3 Å².